The van der Waals surface area contributed by atoms with Crippen LogP contribution in [0.2, 0.25) is 0 Å². The van der Waals surface area contributed by atoms with E-state index in [0.717, 1.165) is 63.6 Å². The molecule has 1 amide bonds. The molecule has 0 fully saturated rings. The SMILES string of the molecule is CC1=CCCC2=C(CCN(C(=O)CCCC3C=C(c4ccc(F)c(C)c4)CC=C3C(C)C)CC2)S1. The lowest BCUT2D eigenvalue weighted by atomic mass is 9.79. The van der Waals surface area contributed by atoms with Crippen molar-refractivity contribution in [3.63, 3.8) is 0 Å². The molecule has 4 heteroatoms. The zero-order chi connectivity index (χ0) is 24.9. The molecule has 0 spiro atoms. The van der Waals surface area contributed by atoms with Gasteiger partial charge in [-0.25, -0.2) is 4.39 Å². The van der Waals surface area contributed by atoms with Crippen LogP contribution >= 0.6 is 11.8 Å². The van der Waals surface area contributed by atoms with E-state index in [2.05, 4.69) is 43.9 Å². The Bertz CT molecular complexity index is 1080. The summed E-state index contributed by atoms with van der Waals surface area (Å²) >= 11 is 1.93. The maximum atomic E-state index is 13.8. The molecule has 1 aromatic carbocycles. The lowest BCUT2D eigenvalue weighted by Crippen LogP contribution is -2.32. The third-order valence-corrected chi connectivity index (χ3v) is 8.92. The molecule has 2 heterocycles. The number of hydrogen-bond donors (Lipinski definition) is 0. The first-order valence-corrected chi connectivity index (χ1v) is 14.1. The molecule has 1 aromatic rings. The van der Waals surface area contributed by atoms with Crippen molar-refractivity contribution in [3.8, 4) is 0 Å². The number of amides is 1. The summed E-state index contributed by atoms with van der Waals surface area (Å²) in [6, 6.07) is 5.43. The van der Waals surface area contributed by atoms with E-state index in [1.54, 1.807) is 11.6 Å². The van der Waals surface area contributed by atoms with Crippen molar-refractivity contribution in [1.82, 2.24) is 4.90 Å². The molecule has 3 aliphatic rings. The zero-order valence-corrected chi connectivity index (χ0v) is 22.6. The first-order chi connectivity index (χ1) is 16.8. The molecular formula is C31H40FNOS. The number of nitrogens with zero attached hydrogens (tertiary/aromatic N) is 1. The van der Waals surface area contributed by atoms with Gasteiger partial charge < -0.3 is 4.90 Å². The van der Waals surface area contributed by atoms with E-state index in [-0.39, 0.29) is 5.82 Å². The van der Waals surface area contributed by atoms with Crippen LogP contribution in [0.4, 0.5) is 4.39 Å². The van der Waals surface area contributed by atoms with Gasteiger partial charge in [-0.15, -0.1) is 0 Å². The maximum Gasteiger partial charge on any atom is 0.222 e. The molecule has 2 aliphatic heterocycles. The predicted molar refractivity (Wildman–Crippen MR) is 147 cm³/mol. The number of benzene rings is 1. The maximum absolute atomic E-state index is 13.8. The Morgan fingerprint density at radius 1 is 1.14 bits per heavy atom. The molecule has 1 aliphatic carbocycles. The lowest BCUT2D eigenvalue weighted by molar-refractivity contribution is -0.131. The number of carbonyl (C=O) groups excluding carboxylic acids is 1. The Morgan fingerprint density at radius 3 is 2.71 bits per heavy atom. The van der Waals surface area contributed by atoms with Crippen molar-refractivity contribution in [2.45, 2.75) is 79.1 Å². The summed E-state index contributed by atoms with van der Waals surface area (Å²) in [7, 11) is 0. The molecule has 0 saturated carbocycles. The number of carbonyl (C=O) groups is 1. The Hall–Kier alpha value is -2.07. The predicted octanol–water partition coefficient (Wildman–Crippen LogP) is 8.60. The molecule has 1 unspecified atom stereocenters. The molecule has 0 aromatic heterocycles. The summed E-state index contributed by atoms with van der Waals surface area (Å²) in [6.45, 7) is 10.3. The normalized spacial score (nSPS) is 21.1. The molecule has 0 N–H and O–H groups in total. The van der Waals surface area contributed by atoms with Gasteiger partial charge in [0.2, 0.25) is 5.91 Å². The minimum atomic E-state index is -0.149. The highest BCUT2D eigenvalue weighted by atomic mass is 32.2. The number of hydrogen-bond acceptors (Lipinski definition) is 2. The highest BCUT2D eigenvalue weighted by Crippen LogP contribution is 2.39. The van der Waals surface area contributed by atoms with Gasteiger partial charge in [0.15, 0.2) is 0 Å². The van der Waals surface area contributed by atoms with Gasteiger partial charge in [-0.2, -0.15) is 0 Å². The average Bonchev–Trinajstić information content (AvgIpc) is 3.13. The molecule has 0 radical (unpaired) electrons. The minimum Gasteiger partial charge on any atom is -0.342 e. The number of aryl methyl sites for hydroxylation is 1. The van der Waals surface area contributed by atoms with Gasteiger partial charge in [0, 0.05) is 19.5 Å². The van der Waals surface area contributed by atoms with Crippen LogP contribution in [0.1, 0.15) is 83.3 Å². The standard InChI is InChI=1S/C31H40FNOS/c1-21(2)28-13-11-26(25-12-14-29(32)22(3)19-25)20-27(28)9-6-10-31(34)33-17-15-24-8-5-7-23(4)35-30(24)16-18-33/h7,12-14,19-21,27H,5-6,8-11,15-18H2,1-4H3. The van der Waals surface area contributed by atoms with Crippen molar-refractivity contribution < 1.29 is 9.18 Å². The first kappa shape index (κ1) is 26.0. The lowest BCUT2D eigenvalue weighted by Gasteiger charge is -2.27. The Balaban J connectivity index is 1.35. The van der Waals surface area contributed by atoms with Crippen molar-refractivity contribution in [2.24, 2.45) is 11.8 Å². The van der Waals surface area contributed by atoms with Crippen molar-refractivity contribution in [1.29, 1.82) is 0 Å². The van der Waals surface area contributed by atoms with E-state index >= 15 is 0 Å². The quantitative estimate of drug-likeness (QED) is 0.370. The number of allylic oxidation sites excluding steroid dienone is 6. The van der Waals surface area contributed by atoms with Crippen LogP contribution < -0.4 is 0 Å². The van der Waals surface area contributed by atoms with Crippen LogP contribution in [0, 0.1) is 24.6 Å². The molecule has 1 atom stereocenters. The fourth-order valence-corrected chi connectivity index (χ4v) is 6.78. The van der Waals surface area contributed by atoms with E-state index < -0.39 is 0 Å². The van der Waals surface area contributed by atoms with Crippen LogP contribution in [0.15, 0.2) is 57.4 Å². The van der Waals surface area contributed by atoms with Crippen LogP contribution in [-0.2, 0) is 4.79 Å². The van der Waals surface area contributed by atoms with Crippen LogP contribution in [-0.4, -0.2) is 23.9 Å². The van der Waals surface area contributed by atoms with Gasteiger partial charge in [-0.3, -0.25) is 4.79 Å². The minimum absolute atomic E-state index is 0.149. The van der Waals surface area contributed by atoms with E-state index in [9.17, 15) is 9.18 Å². The number of halogens is 1. The summed E-state index contributed by atoms with van der Waals surface area (Å²) in [5.41, 5.74) is 6.13. The third kappa shape index (κ3) is 6.58. The molecule has 188 valence electrons. The third-order valence-electron chi connectivity index (χ3n) is 7.69. The summed E-state index contributed by atoms with van der Waals surface area (Å²) in [4.78, 5) is 18.1. The van der Waals surface area contributed by atoms with Gasteiger partial charge in [-0.05, 0) is 109 Å². The molecule has 2 nitrogen and oxygen atoms in total. The summed E-state index contributed by atoms with van der Waals surface area (Å²) in [5.74, 6) is 1.00. The Labute approximate surface area is 215 Å². The molecular weight excluding hydrogens is 453 g/mol. The fraction of sp³-hybridized carbons (Fsp3) is 0.516. The molecule has 4 rings (SSSR count). The molecule has 0 saturated heterocycles. The van der Waals surface area contributed by atoms with Crippen molar-refractivity contribution >= 4 is 23.2 Å². The monoisotopic (exact) mass is 493 g/mol. The Kier molecular flexibility index (Phi) is 8.75. The largest absolute Gasteiger partial charge is 0.342 e. The van der Waals surface area contributed by atoms with Gasteiger partial charge in [-0.1, -0.05) is 61.0 Å². The Morgan fingerprint density at radius 2 is 1.94 bits per heavy atom. The highest BCUT2D eigenvalue weighted by Gasteiger charge is 2.24. The summed E-state index contributed by atoms with van der Waals surface area (Å²) < 4.78 is 13.8. The van der Waals surface area contributed by atoms with Gasteiger partial charge >= 0.3 is 0 Å². The molecule has 0 bridgehead atoms. The second-order valence-corrected chi connectivity index (χ2v) is 11.9. The van der Waals surface area contributed by atoms with E-state index in [1.165, 1.54) is 21.0 Å². The van der Waals surface area contributed by atoms with Gasteiger partial charge in [0.1, 0.15) is 5.82 Å². The topological polar surface area (TPSA) is 20.3 Å². The van der Waals surface area contributed by atoms with Crippen molar-refractivity contribution in [3.05, 3.63) is 74.3 Å². The zero-order valence-electron chi connectivity index (χ0n) is 21.8. The van der Waals surface area contributed by atoms with Crippen LogP contribution in [0.25, 0.3) is 5.57 Å². The summed E-state index contributed by atoms with van der Waals surface area (Å²) in [5, 5.41) is 0. The second-order valence-electron chi connectivity index (χ2n) is 10.6. The average molecular weight is 494 g/mol. The fourth-order valence-electron chi connectivity index (χ4n) is 5.65. The highest BCUT2D eigenvalue weighted by molar-refractivity contribution is 8.06. The smallest absolute Gasteiger partial charge is 0.222 e. The van der Waals surface area contributed by atoms with E-state index in [0.29, 0.717) is 29.7 Å². The molecule has 35 heavy (non-hydrogen) atoms. The van der Waals surface area contributed by atoms with Crippen LogP contribution in [0.5, 0.6) is 0 Å². The van der Waals surface area contributed by atoms with Crippen molar-refractivity contribution in [2.75, 3.05) is 13.1 Å². The van der Waals surface area contributed by atoms with Gasteiger partial charge in [0.05, 0.1) is 0 Å². The summed E-state index contributed by atoms with van der Waals surface area (Å²) in [6.07, 6.45) is 14.8. The van der Waals surface area contributed by atoms with E-state index in [1.807, 2.05) is 30.8 Å². The van der Waals surface area contributed by atoms with Crippen LogP contribution in [0.3, 0.4) is 0 Å². The van der Waals surface area contributed by atoms with Gasteiger partial charge in [0.25, 0.3) is 0 Å². The number of thioether (sulfide) groups is 1. The number of rotatable bonds is 6. The first-order valence-electron chi connectivity index (χ1n) is 13.3. The van der Waals surface area contributed by atoms with E-state index in [4.69, 9.17) is 0 Å². The second kappa shape index (κ2) is 11.8.